The van der Waals surface area contributed by atoms with Crippen molar-refractivity contribution in [3.8, 4) is 0 Å². The van der Waals surface area contributed by atoms with E-state index in [4.69, 9.17) is 0 Å². The van der Waals surface area contributed by atoms with E-state index in [1.165, 1.54) is 6.92 Å². The first kappa shape index (κ1) is 20.0. The zero-order valence-corrected chi connectivity index (χ0v) is 15.6. The van der Waals surface area contributed by atoms with Gasteiger partial charge in [0.1, 0.15) is 0 Å². The summed E-state index contributed by atoms with van der Waals surface area (Å²) in [5, 5.41) is 3.70. The number of hydrazone groups is 1. The van der Waals surface area contributed by atoms with E-state index in [0.717, 1.165) is 22.9 Å². The maximum atomic E-state index is 12.5. The number of ketones is 1. The van der Waals surface area contributed by atoms with E-state index in [-0.39, 0.29) is 11.5 Å². The molecule has 0 aromatic heterocycles. The van der Waals surface area contributed by atoms with Crippen molar-refractivity contribution in [2.24, 2.45) is 5.10 Å². The molecule has 0 heterocycles. The van der Waals surface area contributed by atoms with Crippen LogP contribution in [0.4, 0.5) is 0 Å². The number of hydrogen-bond donors (Lipinski definition) is 1. The van der Waals surface area contributed by atoms with E-state index in [1.807, 2.05) is 32.9 Å². The van der Waals surface area contributed by atoms with Crippen LogP contribution in [0.15, 0.2) is 17.2 Å². The van der Waals surface area contributed by atoms with Gasteiger partial charge >= 0.3 is 5.91 Å². The van der Waals surface area contributed by atoms with E-state index in [1.54, 1.807) is 0 Å². The van der Waals surface area contributed by atoms with Gasteiger partial charge in [-0.1, -0.05) is 31.5 Å². The van der Waals surface area contributed by atoms with Crippen LogP contribution in [-0.2, 0) is 27.5 Å². The van der Waals surface area contributed by atoms with Gasteiger partial charge in [-0.3, -0.25) is 9.59 Å². The van der Waals surface area contributed by atoms with Crippen molar-refractivity contribution in [3.63, 3.8) is 0 Å². The number of aryl methyl sites for hydroxylation is 3. The highest BCUT2D eigenvalue weighted by atomic mass is 32.2. The van der Waals surface area contributed by atoms with Crippen LogP contribution in [-0.4, -0.2) is 37.8 Å². The normalized spacial score (nSPS) is 12.1. The number of carbonyl (C=O) groups is 2. The molecule has 0 atom stereocenters. The number of Topliss-reactive ketones (excluding diaryl/α,β-unsaturated/α-hetero) is 1. The smallest absolute Gasteiger partial charge is 0.283 e. The SMILES string of the molecule is CCc1cc(C)cc(CC)c1C(=O)C(=O)NN=C(C)CS(C)(=O)=O. The Hall–Kier alpha value is -2.02. The minimum Gasteiger partial charge on any atom is -0.283 e. The van der Waals surface area contributed by atoms with Crippen LogP contribution in [0, 0.1) is 6.92 Å². The predicted molar refractivity (Wildman–Crippen MR) is 95.2 cm³/mol. The first-order valence-corrected chi connectivity index (χ1v) is 9.83. The molecule has 0 unspecified atom stereocenters. The molecule has 7 heteroatoms. The summed E-state index contributed by atoms with van der Waals surface area (Å²) in [7, 11) is -3.24. The van der Waals surface area contributed by atoms with Crippen molar-refractivity contribution in [3.05, 3.63) is 34.4 Å². The molecule has 0 saturated carbocycles. The Bertz CT molecular complexity index is 755. The van der Waals surface area contributed by atoms with Gasteiger partial charge in [0.2, 0.25) is 0 Å². The van der Waals surface area contributed by atoms with Crippen LogP contribution >= 0.6 is 0 Å². The monoisotopic (exact) mass is 352 g/mol. The topological polar surface area (TPSA) is 92.7 Å². The average molecular weight is 352 g/mol. The fraction of sp³-hybridized carbons (Fsp3) is 0.471. The predicted octanol–water partition coefficient (Wildman–Crippen LogP) is 1.84. The van der Waals surface area contributed by atoms with Gasteiger partial charge in [-0.05, 0) is 37.8 Å². The lowest BCUT2D eigenvalue weighted by Crippen LogP contribution is -2.30. The Kier molecular flexibility index (Phi) is 6.83. The van der Waals surface area contributed by atoms with Crippen molar-refractivity contribution in [1.82, 2.24) is 5.43 Å². The number of benzene rings is 1. The Morgan fingerprint density at radius 1 is 1.12 bits per heavy atom. The lowest BCUT2D eigenvalue weighted by molar-refractivity contribution is -0.117. The fourth-order valence-electron chi connectivity index (χ4n) is 2.51. The third kappa shape index (κ3) is 5.56. The molecule has 1 aromatic rings. The first-order valence-electron chi connectivity index (χ1n) is 7.77. The molecule has 0 radical (unpaired) electrons. The minimum atomic E-state index is -3.24. The highest BCUT2D eigenvalue weighted by Crippen LogP contribution is 2.20. The van der Waals surface area contributed by atoms with Crippen LogP contribution in [0.2, 0.25) is 0 Å². The molecule has 0 aliphatic heterocycles. The zero-order valence-electron chi connectivity index (χ0n) is 14.8. The molecule has 1 aromatic carbocycles. The van der Waals surface area contributed by atoms with Gasteiger partial charge in [-0.15, -0.1) is 0 Å². The van der Waals surface area contributed by atoms with Gasteiger partial charge in [0.05, 0.1) is 11.5 Å². The molecule has 0 bridgehead atoms. The van der Waals surface area contributed by atoms with Crippen molar-refractivity contribution in [1.29, 1.82) is 0 Å². The number of hydrogen-bond acceptors (Lipinski definition) is 5. The number of amides is 1. The molecular formula is C17H24N2O4S. The van der Waals surface area contributed by atoms with Crippen molar-refractivity contribution < 1.29 is 18.0 Å². The Labute approximate surface area is 143 Å². The summed E-state index contributed by atoms with van der Waals surface area (Å²) in [5.41, 5.74) is 5.48. The fourth-order valence-corrected chi connectivity index (χ4v) is 3.34. The van der Waals surface area contributed by atoms with Gasteiger partial charge in [-0.25, -0.2) is 13.8 Å². The average Bonchev–Trinajstić information content (AvgIpc) is 2.49. The Morgan fingerprint density at radius 3 is 2.04 bits per heavy atom. The number of nitrogens with zero attached hydrogens (tertiary/aromatic N) is 1. The summed E-state index contributed by atoms with van der Waals surface area (Å²) < 4.78 is 22.4. The standard InChI is InChI=1S/C17H24N2O4S/c1-6-13-8-11(3)9-14(7-2)15(13)16(20)17(21)19-18-12(4)10-24(5,22)23/h8-9H,6-7,10H2,1-5H3,(H,19,21). The van der Waals surface area contributed by atoms with Crippen LogP contribution in [0.3, 0.4) is 0 Å². The highest BCUT2D eigenvalue weighted by molar-refractivity contribution is 7.91. The van der Waals surface area contributed by atoms with Gasteiger partial charge < -0.3 is 0 Å². The molecule has 0 saturated heterocycles. The Balaban J connectivity index is 3.06. The van der Waals surface area contributed by atoms with Crippen molar-refractivity contribution in [2.45, 2.75) is 40.5 Å². The number of nitrogens with one attached hydrogen (secondary N) is 1. The molecule has 0 aliphatic rings. The summed E-state index contributed by atoms with van der Waals surface area (Å²) in [6.45, 7) is 7.28. The van der Waals surface area contributed by atoms with E-state index in [9.17, 15) is 18.0 Å². The van der Waals surface area contributed by atoms with Gasteiger partial charge in [0, 0.05) is 11.8 Å². The van der Waals surface area contributed by atoms with Crippen LogP contribution < -0.4 is 5.43 Å². The highest BCUT2D eigenvalue weighted by Gasteiger charge is 2.22. The second-order valence-electron chi connectivity index (χ2n) is 5.85. The third-order valence-corrected chi connectivity index (χ3v) is 4.40. The molecule has 132 valence electrons. The Morgan fingerprint density at radius 2 is 1.62 bits per heavy atom. The van der Waals surface area contributed by atoms with Crippen molar-refractivity contribution in [2.75, 3.05) is 12.0 Å². The summed E-state index contributed by atoms with van der Waals surface area (Å²) in [6, 6.07) is 3.80. The maximum absolute atomic E-state index is 12.5. The van der Waals surface area contributed by atoms with E-state index < -0.39 is 21.5 Å². The summed E-state index contributed by atoms with van der Waals surface area (Å²) in [5.74, 6) is -1.79. The van der Waals surface area contributed by atoms with Crippen LogP contribution in [0.5, 0.6) is 0 Å². The second kappa shape index (κ2) is 8.19. The quantitative estimate of drug-likeness (QED) is 0.351. The van der Waals surface area contributed by atoms with E-state index in [0.29, 0.717) is 18.4 Å². The summed E-state index contributed by atoms with van der Waals surface area (Å²) >= 11 is 0. The molecule has 0 aliphatic carbocycles. The summed E-state index contributed by atoms with van der Waals surface area (Å²) in [6.07, 6.45) is 2.35. The lowest BCUT2D eigenvalue weighted by atomic mass is 9.92. The van der Waals surface area contributed by atoms with Crippen LogP contribution in [0.25, 0.3) is 0 Å². The summed E-state index contributed by atoms with van der Waals surface area (Å²) in [4.78, 5) is 24.6. The van der Waals surface area contributed by atoms with Gasteiger partial charge in [0.25, 0.3) is 5.78 Å². The van der Waals surface area contributed by atoms with Crippen LogP contribution in [0.1, 0.15) is 47.8 Å². The second-order valence-corrected chi connectivity index (χ2v) is 7.99. The largest absolute Gasteiger partial charge is 0.312 e. The molecule has 0 spiro atoms. The molecule has 1 rings (SSSR count). The molecular weight excluding hydrogens is 328 g/mol. The van der Waals surface area contributed by atoms with E-state index in [2.05, 4.69) is 10.5 Å². The number of sulfone groups is 1. The zero-order chi connectivity index (χ0) is 18.5. The molecule has 24 heavy (non-hydrogen) atoms. The lowest BCUT2D eigenvalue weighted by Gasteiger charge is -2.13. The maximum Gasteiger partial charge on any atom is 0.312 e. The molecule has 1 N–H and O–H groups in total. The third-order valence-electron chi connectivity index (χ3n) is 3.46. The van der Waals surface area contributed by atoms with Crippen molar-refractivity contribution >= 4 is 27.2 Å². The van der Waals surface area contributed by atoms with Gasteiger partial charge in [-0.2, -0.15) is 5.10 Å². The first-order chi connectivity index (χ1) is 11.1. The van der Waals surface area contributed by atoms with Gasteiger partial charge in [0.15, 0.2) is 9.84 Å². The number of carbonyl (C=O) groups excluding carboxylic acids is 2. The molecule has 1 amide bonds. The molecule has 6 nitrogen and oxygen atoms in total. The van der Waals surface area contributed by atoms with E-state index >= 15 is 0 Å². The number of rotatable bonds is 7. The molecule has 0 fully saturated rings. The minimum absolute atomic E-state index is 0.217.